The van der Waals surface area contributed by atoms with Crippen LogP contribution < -0.4 is 10.6 Å². The fourth-order valence-electron chi connectivity index (χ4n) is 1.58. The van der Waals surface area contributed by atoms with Gasteiger partial charge in [0.05, 0.1) is 10.2 Å². The summed E-state index contributed by atoms with van der Waals surface area (Å²) in [4.78, 5) is 10.2. The molecule has 92 valence electrons. The van der Waals surface area contributed by atoms with Gasteiger partial charge < -0.3 is 10.6 Å². The van der Waals surface area contributed by atoms with Gasteiger partial charge in [-0.3, -0.25) is 5.41 Å². The molecule has 0 amide bonds. The molecule has 0 unspecified atom stereocenters. The van der Waals surface area contributed by atoms with E-state index in [2.05, 4.69) is 25.9 Å². The Labute approximate surface area is 113 Å². The minimum atomic E-state index is 0.0227. The Balaban J connectivity index is 2.42. The second kappa shape index (κ2) is 5.14. The zero-order valence-corrected chi connectivity index (χ0v) is 11.3. The third-order valence-corrected chi connectivity index (χ3v) is 2.87. The Kier molecular flexibility index (Phi) is 3.57. The van der Waals surface area contributed by atoms with Crippen LogP contribution in [0.2, 0.25) is 0 Å². The van der Waals surface area contributed by atoms with Crippen LogP contribution in [0.4, 0.5) is 11.6 Å². The molecule has 3 N–H and O–H groups in total. The Hall–Kier alpha value is -1.95. The molecule has 2 aromatic rings. The quantitative estimate of drug-likeness (QED) is 0.673. The fourth-order valence-corrected chi connectivity index (χ4v) is 1.79. The van der Waals surface area contributed by atoms with Crippen molar-refractivity contribution in [2.75, 3.05) is 11.9 Å². The summed E-state index contributed by atoms with van der Waals surface area (Å²) in [6.45, 7) is 0. The van der Waals surface area contributed by atoms with Crippen LogP contribution in [0.5, 0.6) is 0 Å². The van der Waals surface area contributed by atoms with E-state index in [1.807, 2.05) is 25.2 Å². The van der Waals surface area contributed by atoms with Gasteiger partial charge in [0.25, 0.3) is 0 Å². The highest BCUT2D eigenvalue weighted by atomic mass is 79.9. The van der Waals surface area contributed by atoms with Crippen molar-refractivity contribution in [1.82, 2.24) is 9.97 Å². The average Bonchev–Trinajstić information content (AvgIpc) is 2.39. The van der Waals surface area contributed by atoms with Crippen molar-refractivity contribution in [3.8, 4) is 0 Å². The normalized spacial score (nSPS) is 10.1. The van der Waals surface area contributed by atoms with Crippen LogP contribution >= 0.6 is 15.9 Å². The van der Waals surface area contributed by atoms with Gasteiger partial charge in [-0.2, -0.15) is 0 Å². The molecule has 0 saturated heterocycles. The summed E-state index contributed by atoms with van der Waals surface area (Å²) in [5.41, 5.74) is 7.02. The number of hydrogen-bond donors (Lipinski definition) is 2. The monoisotopic (exact) mass is 305 g/mol. The number of hydrogen-bond acceptors (Lipinski definition) is 4. The lowest BCUT2D eigenvalue weighted by molar-refractivity contribution is 1.03. The van der Waals surface area contributed by atoms with E-state index in [1.165, 1.54) is 0 Å². The Morgan fingerprint density at radius 3 is 2.50 bits per heavy atom. The van der Waals surface area contributed by atoms with Crippen molar-refractivity contribution in [3.63, 3.8) is 0 Å². The second-order valence-electron chi connectivity index (χ2n) is 3.69. The van der Waals surface area contributed by atoms with E-state index in [-0.39, 0.29) is 5.84 Å². The molecule has 5 nitrogen and oxygen atoms in total. The van der Waals surface area contributed by atoms with Crippen molar-refractivity contribution in [1.29, 1.82) is 5.41 Å². The molecule has 1 heterocycles. The molecule has 0 aliphatic heterocycles. The second-order valence-corrected chi connectivity index (χ2v) is 4.61. The third-order valence-electron chi connectivity index (χ3n) is 2.46. The van der Waals surface area contributed by atoms with Crippen LogP contribution in [0.25, 0.3) is 0 Å². The molecule has 0 fully saturated rings. The summed E-state index contributed by atoms with van der Waals surface area (Å²) in [6, 6.07) is 7.41. The summed E-state index contributed by atoms with van der Waals surface area (Å²) in [5, 5.41) is 7.57. The molecule has 0 radical (unpaired) electrons. The highest BCUT2D eigenvalue weighted by molar-refractivity contribution is 9.10. The van der Waals surface area contributed by atoms with Crippen LogP contribution in [0, 0.1) is 5.41 Å². The van der Waals surface area contributed by atoms with E-state index < -0.39 is 0 Å². The molecule has 0 bridgehead atoms. The van der Waals surface area contributed by atoms with Crippen LogP contribution in [0.1, 0.15) is 5.56 Å². The molecule has 0 atom stereocenters. The van der Waals surface area contributed by atoms with E-state index in [0.29, 0.717) is 11.5 Å². The number of nitrogens with one attached hydrogen (secondary N) is 1. The third kappa shape index (κ3) is 2.48. The summed E-state index contributed by atoms with van der Waals surface area (Å²) < 4.78 is 0.819. The molecular weight excluding hydrogens is 294 g/mol. The van der Waals surface area contributed by atoms with Crippen LogP contribution in [0.15, 0.2) is 41.1 Å². The lowest BCUT2D eigenvalue weighted by Gasteiger charge is -2.19. The van der Waals surface area contributed by atoms with Gasteiger partial charge in [0.15, 0.2) is 0 Å². The maximum Gasteiger partial charge on any atom is 0.229 e. The van der Waals surface area contributed by atoms with Gasteiger partial charge >= 0.3 is 0 Å². The molecule has 0 saturated carbocycles. The smallest absolute Gasteiger partial charge is 0.229 e. The number of nitrogens with two attached hydrogens (primary N) is 1. The van der Waals surface area contributed by atoms with E-state index >= 15 is 0 Å². The van der Waals surface area contributed by atoms with Gasteiger partial charge in [-0.1, -0.05) is 12.1 Å². The first kappa shape index (κ1) is 12.5. The molecule has 1 aromatic heterocycles. The van der Waals surface area contributed by atoms with E-state index in [4.69, 9.17) is 11.1 Å². The highest BCUT2D eigenvalue weighted by Crippen LogP contribution is 2.24. The van der Waals surface area contributed by atoms with Gasteiger partial charge in [0, 0.05) is 25.0 Å². The fraction of sp³-hybridized carbons (Fsp3) is 0.0833. The molecular formula is C12H12BrN5. The van der Waals surface area contributed by atoms with Gasteiger partial charge in [0.1, 0.15) is 5.84 Å². The zero-order valence-electron chi connectivity index (χ0n) is 9.76. The topological polar surface area (TPSA) is 78.9 Å². The molecule has 0 aliphatic carbocycles. The number of amidine groups is 1. The number of anilines is 2. The van der Waals surface area contributed by atoms with Crippen molar-refractivity contribution >= 4 is 33.4 Å². The summed E-state index contributed by atoms with van der Waals surface area (Å²) in [6.07, 6.45) is 3.35. The number of halogens is 1. The molecule has 18 heavy (non-hydrogen) atoms. The van der Waals surface area contributed by atoms with E-state index in [9.17, 15) is 0 Å². The molecule has 0 aliphatic rings. The molecule has 1 aromatic carbocycles. The minimum absolute atomic E-state index is 0.0227. The largest absolute Gasteiger partial charge is 0.384 e. The summed E-state index contributed by atoms with van der Waals surface area (Å²) >= 11 is 3.29. The number of nitrogens with zero attached hydrogens (tertiary/aromatic N) is 3. The zero-order chi connectivity index (χ0) is 13.1. The highest BCUT2D eigenvalue weighted by Gasteiger charge is 2.12. The SMILES string of the molecule is CN(c1ncc(Br)cn1)c1ccccc1C(=N)N. The van der Waals surface area contributed by atoms with Crippen molar-refractivity contribution < 1.29 is 0 Å². The standard InChI is InChI=1S/C12H12BrN5/c1-18(12-16-6-8(13)7-17-12)10-5-3-2-4-9(10)11(14)15/h2-7H,1H3,(H3,14,15). The lowest BCUT2D eigenvalue weighted by Crippen LogP contribution is -2.19. The Bertz CT molecular complexity index is 567. The van der Waals surface area contributed by atoms with Crippen LogP contribution in [0.3, 0.4) is 0 Å². The number of aromatic nitrogens is 2. The average molecular weight is 306 g/mol. The first-order valence-electron chi connectivity index (χ1n) is 5.24. The Morgan fingerprint density at radius 2 is 1.89 bits per heavy atom. The van der Waals surface area contributed by atoms with Crippen molar-refractivity contribution in [2.24, 2.45) is 5.73 Å². The predicted molar refractivity (Wildman–Crippen MR) is 75.3 cm³/mol. The number of benzene rings is 1. The maximum atomic E-state index is 7.57. The maximum absolute atomic E-state index is 7.57. The Morgan fingerprint density at radius 1 is 1.28 bits per heavy atom. The van der Waals surface area contributed by atoms with Crippen LogP contribution in [-0.2, 0) is 0 Å². The summed E-state index contributed by atoms with van der Waals surface area (Å²) in [7, 11) is 1.84. The van der Waals surface area contributed by atoms with Crippen molar-refractivity contribution in [2.45, 2.75) is 0 Å². The summed E-state index contributed by atoms with van der Waals surface area (Å²) in [5.74, 6) is 0.571. The first-order valence-corrected chi connectivity index (χ1v) is 6.03. The molecule has 2 rings (SSSR count). The number of rotatable bonds is 3. The van der Waals surface area contributed by atoms with Gasteiger partial charge in [-0.15, -0.1) is 0 Å². The lowest BCUT2D eigenvalue weighted by atomic mass is 10.1. The van der Waals surface area contributed by atoms with Gasteiger partial charge in [-0.05, 0) is 28.1 Å². The number of nitrogen functional groups attached to an aromatic ring is 1. The van der Waals surface area contributed by atoms with E-state index in [0.717, 1.165) is 10.2 Å². The predicted octanol–water partition coefficient (Wildman–Crippen LogP) is 2.29. The van der Waals surface area contributed by atoms with Crippen molar-refractivity contribution in [3.05, 3.63) is 46.7 Å². The van der Waals surface area contributed by atoms with Crippen LogP contribution in [-0.4, -0.2) is 22.9 Å². The van der Waals surface area contributed by atoms with Gasteiger partial charge in [-0.25, -0.2) is 9.97 Å². The minimum Gasteiger partial charge on any atom is -0.384 e. The number of para-hydroxylation sites is 1. The molecule has 0 spiro atoms. The van der Waals surface area contributed by atoms with E-state index in [1.54, 1.807) is 23.4 Å². The molecule has 6 heteroatoms. The first-order chi connectivity index (χ1) is 8.59. The van der Waals surface area contributed by atoms with Gasteiger partial charge in [0.2, 0.25) is 5.95 Å².